The summed E-state index contributed by atoms with van der Waals surface area (Å²) >= 11 is 6.16. The summed E-state index contributed by atoms with van der Waals surface area (Å²) in [6.45, 7) is 0.450. The van der Waals surface area contributed by atoms with E-state index in [1.807, 2.05) is 24.3 Å². The van der Waals surface area contributed by atoms with Gasteiger partial charge < -0.3 is 5.32 Å². The van der Waals surface area contributed by atoms with Gasteiger partial charge in [0.25, 0.3) is 0 Å². The minimum Gasteiger partial charge on any atom is -0.356 e. The van der Waals surface area contributed by atoms with Gasteiger partial charge in [-0.3, -0.25) is 4.79 Å². The summed E-state index contributed by atoms with van der Waals surface area (Å²) in [6.07, 6.45) is 1.33. The second-order valence-corrected chi connectivity index (χ2v) is 6.01. The van der Waals surface area contributed by atoms with Crippen molar-refractivity contribution in [3.8, 4) is 0 Å². The fraction of sp³-hybridized carbons (Fsp3) is 0.278. The van der Waals surface area contributed by atoms with Crippen LogP contribution in [0.2, 0.25) is 5.02 Å². The Morgan fingerprint density at radius 3 is 2.68 bits per heavy atom. The molecule has 1 N–H and O–H groups in total. The van der Waals surface area contributed by atoms with E-state index in [9.17, 15) is 9.18 Å². The van der Waals surface area contributed by atoms with E-state index in [2.05, 4.69) is 5.32 Å². The monoisotopic (exact) mass is 317 g/mol. The Hall–Kier alpha value is -1.87. The van der Waals surface area contributed by atoms with Crippen molar-refractivity contribution in [1.82, 2.24) is 5.32 Å². The molecule has 2 unspecified atom stereocenters. The van der Waals surface area contributed by atoms with Gasteiger partial charge in [-0.05, 0) is 42.0 Å². The molecule has 1 amide bonds. The van der Waals surface area contributed by atoms with Gasteiger partial charge in [-0.25, -0.2) is 4.39 Å². The maximum atomic E-state index is 13.5. The Labute approximate surface area is 134 Å². The number of hydrogen-bond acceptors (Lipinski definition) is 1. The minimum absolute atomic E-state index is 0.0134. The first-order valence-corrected chi connectivity index (χ1v) is 7.80. The van der Waals surface area contributed by atoms with Gasteiger partial charge in [0.2, 0.25) is 5.91 Å². The molecule has 1 saturated carbocycles. The van der Waals surface area contributed by atoms with Crippen molar-refractivity contribution in [1.29, 1.82) is 0 Å². The Morgan fingerprint density at radius 1 is 1.18 bits per heavy atom. The summed E-state index contributed by atoms with van der Waals surface area (Å²) < 4.78 is 13.5. The number of rotatable bonds is 5. The van der Waals surface area contributed by atoms with Gasteiger partial charge in [-0.1, -0.05) is 48.0 Å². The van der Waals surface area contributed by atoms with Gasteiger partial charge >= 0.3 is 0 Å². The molecule has 2 aromatic rings. The first-order valence-electron chi connectivity index (χ1n) is 7.42. The number of hydrogen-bond donors (Lipinski definition) is 1. The third-order valence-corrected chi connectivity index (χ3v) is 4.43. The lowest BCUT2D eigenvalue weighted by Gasteiger charge is -2.07. The number of halogens is 2. The average Bonchev–Trinajstić information content (AvgIpc) is 3.30. The Balaban J connectivity index is 1.50. The normalized spacial score (nSPS) is 19.7. The number of nitrogens with one attached hydrogen (secondary N) is 1. The Morgan fingerprint density at radius 2 is 1.91 bits per heavy atom. The minimum atomic E-state index is -0.225. The molecule has 4 heteroatoms. The van der Waals surface area contributed by atoms with E-state index in [1.165, 1.54) is 6.07 Å². The summed E-state index contributed by atoms with van der Waals surface area (Å²) in [5.41, 5.74) is 1.67. The lowest BCUT2D eigenvalue weighted by atomic mass is 10.1. The predicted octanol–water partition coefficient (Wildman–Crippen LogP) is 3.94. The van der Waals surface area contributed by atoms with Crippen molar-refractivity contribution in [2.24, 2.45) is 5.92 Å². The van der Waals surface area contributed by atoms with Gasteiger partial charge in [-0.2, -0.15) is 0 Å². The topological polar surface area (TPSA) is 29.1 Å². The van der Waals surface area contributed by atoms with Crippen molar-refractivity contribution >= 4 is 17.5 Å². The molecule has 0 radical (unpaired) electrons. The van der Waals surface area contributed by atoms with E-state index in [1.54, 1.807) is 18.2 Å². The van der Waals surface area contributed by atoms with E-state index in [-0.39, 0.29) is 23.6 Å². The molecule has 2 atom stereocenters. The van der Waals surface area contributed by atoms with Crippen LogP contribution in [0.1, 0.15) is 23.5 Å². The Kier molecular flexibility index (Phi) is 4.44. The summed E-state index contributed by atoms with van der Waals surface area (Å²) in [5.74, 6) is 0.000977. The highest BCUT2D eigenvalue weighted by Gasteiger charge is 2.44. The molecule has 22 heavy (non-hydrogen) atoms. The second-order valence-electron chi connectivity index (χ2n) is 5.60. The third-order valence-electron chi connectivity index (χ3n) is 4.08. The molecule has 3 rings (SSSR count). The summed E-state index contributed by atoms with van der Waals surface area (Å²) in [6, 6.07) is 14.3. The average molecular weight is 318 g/mol. The van der Waals surface area contributed by atoms with Crippen LogP contribution < -0.4 is 5.32 Å². The Bertz CT molecular complexity index is 688. The van der Waals surface area contributed by atoms with Crippen LogP contribution >= 0.6 is 11.6 Å². The van der Waals surface area contributed by atoms with Gasteiger partial charge in [-0.15, -0.1) is 0 Å². The first kappa shape index (κ1) is 15.0. The zero-order chi connectivity index (χ0) is 15.5. The maximum Gasteiger partial charge on any atom is 0.223 e. The molecule has 0 heterocycles. The standard InChI is InChI=1S/C18H17ClFNO/c19-16-7-3-2-6-13(16)14-11-15(14)18(22)21-10-9-12-5-1-4-8-17(12)20/h1-8,14-15H,9-11H2,(H,21,22). The quantitative estimate of drug-likeness (QED) is 0.889. The van der Waals surface area contributed by atoms with Crippen molar-refractivity contribution < 1.29 is 9.18 Å². The molecule has 114 valence electrons. The van der Waals surface area contributed by atoms with Crippen LogP contribution in [-0.4, -0.2) is 12.5 Å². The van der Waals surface area contributed by atoms with Crippen LogP contribution in [0.15, 0.2) is 48.5 Å². The molecule has 0 bridgehead atoms. The SMILES string of the molecule is O=C(NCCc1ccccc1F)C1CC1c1ccccc1Cl. The van der Waals surface area contributed by atoms with E-state index in [0.29, 0.717) is 23.6 Å². The van der Waals surface area contributed by atoms with Crippen LogP contribution in [0.3, 0.4) is 0 Å². The predicted molar refractivity (Wildman–Crippen MR) is 85.4 cm³/mol. The molecular formula is C18H17ClFNO. The maximum absolute atomic E-state index is 13.5. The number of carbonyl (C=O) groups excluding carboxylic acids is 1. The van der Waals surface area contributed by atoms with Crippen LogP contribution in [0.25, 0.3) is 0 Å². The van der Waals surface area contributed by atoms with Gasteiger partial charge in [0.15, 0.2) is 0 Å². The summed E-state index contributed by atoms with van der Waals surface area (Å²) in [4.78, 5) is 12.1. The van der Waals surface area contributed by atoms with Gasteiger partial charge in [0.1, 0.15) is 5.82 Å². The summed E-state index contributed by atoms with van der Waals surface area (Å²) in [5, 5.41) is 3.61. The fourth-order valence-electron chi connectivity index (χ4n) is 2.76. The lowest BCUT2D eigenvalue weighted by Crippen LogP contribution is -2.27. The molecular weight excluding hydrogens is 301 g/mol. The van der Waals surface area contributed by atoms with E-state index in [4.69, 9.17) is 11.6 Å². The van der Waals surface area contributed by atoms with Gasteiger partial charge in [0, 0.05) is 17.5 Å². The highest BCUT2D eigenvalue weighted by molar-refractivity contribution is 6.31. The van der Waals surface area contributed by atoms with Crippen LogP contribution in [-0.2, 0) is 11.2 Å². The largest absolute Gasteiger partial charge is 0.356 e. The summed E-state index contributed by atoms with van der Waals surface area (Å²) in [7, 11) is 0. The van der Waals surface area contributed by atoms with E-state index < -0.39 is 0 Å². The zero-order valence-electron chi connectivity index (χ0n) is 12.1. The molecule has 0 spiro atoms. The van der Waals surface area contributed by atoms with Crippen LogP contribution in [0.5, 0.6) is 0 Å². The molecule has 2 nitrogen and oxygen atoms in total. The highest BCUT2D eigenvalue weighted by Crippen LogP contribution is 2.49. The van der Waals surface area contributed by atoms with Gasteiger partial charge in [0.05, 0.1) is 0 Å². The van der Waals surface area contributed by atoms with Crippen LogP contribution in [0, 0.1) is 11.7 Å². The number of amides is 1. The molecule has 1 aliphatic rings. The molecule has 1 fully saturated rings. The van der Waals surface area contributed by atoms with Crippen molar-refractivity contribution in [2.45, 2.75) is 18.8 Å². The van der Waals surface area contributed by atoms with Crippen molar-refractivity contribution in [3.05, 3.63) is 70.5 Å². The molecule has 0 saturated heterocycles. The second kappa shape index (κ2) is 6.49. The molecule has 0 aromatic heterocycles. The van der Waals surface area contributed by atoms with Crippen molar-refractivity contribution in [3.63, 3.8) is 0 Å². The molecule has 0 aliphatic heterocycles. The third kappa shape index (κ3) is 3.30. The fourth-order valence-corrected chi connectivity index (χ4v) is 3.03. The zero-order valence-corrected chi connectivity index (χ0v) is 12.8. The lowest BCUT2D eigenvalue weighted by molar-refractivity contribution is -0.122. The van der Waals surface area contributed by atoms with Crippen molar-refractivity contribution in [2.75, 3.05) is 6.54 Å². The first-order chi connectivity index (χ1) is 10.7. The highest BCUT2D eigenvalue weighted by atomic mass is 35.5. The van der Waals surface area contributed by atoms with E-state index in [0.717, 1.165) is 12.0 Å². The van der Waals surface area contributed by atoms with E-state index >= 15 is 0 Å². The van der Waals surface area contributed by atoms with Crippen LogP contribution in [0.4, 0.5) is 4.39 Å². The molecule has 1 aliphatic carbocycles. The molecule has 2 aromatic carbocycles. The smallest absolute Gasteiger partial charge is 0.223 e. The number of carbonyl (C=O) groups is 1. The number of benzene rings is 2.